The van der Waals surface area contributed by atoms with Gasteiger partial charge in [-0.2, -0.15) is 0 Å². The lowest BCUT2D eigenvalue weighted by atomic mass is 9.74. The van der Waals surface area contributed by atoms with Crippen molar-refractivity contribution >= 4 is 5.78 Å². The Morgan fingerprint density at radius 2 is 2.25 bits per heavy atom. The number of ether oxygens (including phenoxy) is 1. The Hall–Kier alpha value is -1.22. The predicted octanol–water partition coefficient (Wildman–Crippen LogP) is 2.46. The molecule has 0 N–H and O–H groups in total. The highest BCUT2D eigenvalue weighted by Crippen LogP contribution is 2.37. The Kier molecular flexibility index (Phi) is 3.06. The fourth-order valence-electron chi connectivity index (χ4n) is 2.04. The fourth-order valence-corrected chi connectivity index (χ4v) is 2.04. The van der Waals surface area contributed by atoms with Gasteiger partial charge in [-0.1, -0.05) is 12.1 Å². The van der Waals surface area contributed by atoms with Crippen LogP contribution in [0.4, 0.5) is 4.39 Å². The van der Waals surface area contributed by atoms with E-state index in [0.29, 0.717) is 19.6 Å². The molecule has 0 radical (unpaired) electrons. The summed E-state index contributed by atoms with van der Waals surface area (Å²) in [6.07, 6.45) is 1.27. The van der Waals surface area contributed by atoms with Crippen LogP contribution < -0.4 is 0 Å². The quantitative estimate of drug-likeness (QED) is 0.782. The van der Waals surface area contributed by atoms with E-state index in [1.165, 1.54) is 6.07 Å². The van der Waals surface area contributed by atoms with Crippen LogP contribution in [0.5, 0.6) is 0 Å². The van der Waals surface area contributed by atoms with Crippen LogP contribution in [0.3, 0.4) is 0 Å². The molecule has 1 aromatic carbocycles. The van der Waals surface area contributed by atoms with Gasteiger partial charge in [0.25, 0.3) is 0 Å². The third kappa shape index (κ3) is 2.14. The highest BCUT2D eigenvalue weighted by molar-refractivity contribution is 5.75. The van der Waals surface area contributed by atoms with Gasteiger partial charge in [-0.05, 0) is 31.0 Å². The SMILES string of the molecule is CC(=O)CCC1(c2cccc(F)c2)COC1. The smallest absolute Gasteiger partial charge is 0.129 e. The summed E-state index contributed by atoms with van der Waals surface area (Å²) in [5.74, 6) is -0.0609. The van der Waals surface area contributed by atoms with E-state index in [0.717, 1.165) is 12.0 Å². The Balaban J connectivity index is 2.17. The van der Waals surface area contributed by atoms with Gasteiger partial charge in [0.2, 0.25) is 0 Å². The van der Waals surface area contributed by atoms with Crippen LogP contribution in [-0.2, 0) is 14.9 Å². The third-order valence-electron chi connectivity index (χ3n) is 3.15. The fraction of sp³-hybridized carbons (Fsp3) is 0.462. The maximum atomic E-state index is 13.1. The van der Waals surface area contributed by atoms with Crippen molar-refractivity contribution < 1.29 is 13.9 Å². The van der Waals surface area contributed by atoms with E-state index in [1.54, 1.807) is 19.1 Å². The summed E-state index contributed by atoms with van der Waals surface area (Å²) in [4.78, 5) is 11.0. The van der Waals surface area contributed by atoms with Crippen molar-refractivity contribution in [3.8, 4) is 0 Å². The first kappa shape index (κ1) is 11.3. The molecule has 2 rings (SSSR count). The van der Waals surface area contributed by atoms with E-state index in [-0.39, 0.29) is 17.0 Å². The van der Waals surface area contributed by atoms with Gasteiger partial charge >= 0.3 is 0 Å². The number of hydrogen-bond donors (Lipinski definition) is 0. The number of halogens is 1. The maximum Gasteiger partial charge on any atom is 0.129 e. The minimum atomic E-state index is -0.230. The molecular weight excluding hydrogens is 207 g/mol. The number of carbonyl (C=O) groups excluding carboxylic acids is 1. The molecule has 3 heteroatoms. The van der Waals surface area contributed by atoms with E-state index in [9.17, 15) is 9.18 Å². The summed E-state index contributed by atoms with van der Waals surface area (Å²) in [7, 11) is 0. The Morgan fingerprint density at radius 3 is 2.75 bits per heavy atom. The van der Waals surface area contributed by atoms with Crippen molar-refractivity contribution in [3.63, 3.8) is 0 Å². The second-order valence-electron chi connectivity index (χ2n) is 4.49. The lowest BCUT2D eigenvalue weighted by Crippen LogP contribution is -2.47. The number of benzene rings is 1. The first-order chi connectivity index (χ1) is 7.62. The molecule has 0 saturated carbocycles. The highest BCUT2D eigenvalue weighted by atomic mass is 19.1. The van der Waals surface area contributed by atoms with Crippen LogP contribution in [0.15, 0.2) is 24.3 Å². The Bertz CT molecular complexity index is 397. The average molecular weight is 222 g/mol. The van der Waals surface area contributed by atoms with Crippen LogP contribution >= 0.6 is 0 Å². The van der Waals surface area contributed by atoms with Crippen molar-refractivity contribution in [1.82, 2.24) is 0 Å². The standard InChI is InChI=1S/C13H15FO2/c1-10(15)5-6-13(8-16-9-13)11-3-2-4-12(14)7-11/h2-4,7H,5-6,8-9H2,1H3. The summed E-state index contributed by atoms with van der Waals surface area (Å²) in [5.41, 5.74) is 0.799. The van der Waals surface area contributed by atoms with Gasteiger partial charge in [0.05, 0.1) is 13.2 Å². The van der Waals surface area contributed by atoms with E-state index < -0.39 is 0 Å². The van der Waals surface area contributed by atoms with Gasteiger partial charge in [-0.15, -0.1) is 0 Å². The number of hydrogen-bond acceptors (Lipinski definition) is 2. The zero-order chi connectivity index (χ0) is 11.6. The minimum Gasteiger partial charge on any atom is -0.379 e. The van der Waals surface area contributed by atoms with Crippen molar-refractivity contribution in [2.24, 2.45) is 0 Å². The normalized spacial score (nSPS) is 17.9. The number of ketones is 1. The zero-order valence-corrected chi connectivity index (χ0v) is 9.33. The van der Waals surface area contributed by atoms with Crippen LogP contribution in [-0.4, -0.2) is 19.0 Å². The summed E-state index contributed by atoms with van der Waals surface area (Å²) in [6, 6.07) is 6.59. The van der Waals surface area contributed by atoms with Gasteiger partial charge in [-0.3, -0.25) is 0 Å². The molecule has 0 amide bonds. The molecule has 0 spiro atoms. The third-order valence-corrected chi connectivity index (χ3v) is 3.15. The largest absolute Gasteiger partial charge is 0.379 e. The van der Waals surface area contributed by atoms with Crippen molar-refractivity contribution in [3.05, 3.63) is 35.6 Å². The van der Waals surface area contributed by atoms with E-state index in [1.807, 2.05) is 6.07 Å². The molecule has 0 atom stereocenters. The van der Waals surface area contributed by atoms with Crippen molar-refractivity contribution in [2.75, 3.05) is 13.2 Å². The van der Waals surface area contributed by atoms with E-state index >= 15 is 0 Å². The summed E-state index contributed by atoms with van der Waals surface area (Å²) in [5, 5.41) is 0. The number of Topliss-reactive ketones (excluding diaryl/α,β-unsaturated/α-hetero) is 1. The molecule has 0 aromatic heterocycles. The number of carbonyl (C=O) groups is 1. The Morgan fingerprint density at radius 1 is 1.50 bits per heavy atom. The lowest BCUT2D eigenvalue weighted by molar-refractivity contribution is -0.119. The molecule has 1 aliphatic heterocycles. The molecule has 86 valence electrons. The van der Waals surface area contributed by atoms with E-state index in [4.69, 9.17) is 4.74 Å². The van der Waals surface area contributed by atoms with Crippen LogP contribution in [0.25, 0.3) is 0 Å². The Labute approximate surface area is 94.4 Å². The molecule has 1 heterocycles. The second-order valence-corrected chi connectivity index (χ2v) is 4.49. The molecule has 0 bridgehead atoms. The first-order valence-electron chi connectivity index (χ1n) is 5.46. The van der Waals surface area contributed by atoms with Crippen molar-refractivity contribution in [2.45, 2.75) is 25.2 Å². The van der Waals surface area contributed by atoms with E-state index in [2.05, 4.69) is 0 Å². The second kappa shape index (κ2) is 4.34. The number of rotatable bonds is 4. The van der Waals surface area contributed by atoms with Gasteiger partial charge in [-0.25, -0.2) is 4.39 Å². The van der Waals surface area contributed by atoms with Gasteiger partial charge in [0.15, 0.2) is 0 Å². The molecule has 1 aromatic rings. The average Bonchev–Trinajstić information content (AvgIpc) is 2.15. The van der Waals surface area contributed by atoms with Crippen LogP contribution in [0.2, 0.25) is 0 Å². The molecular formula is C13H15FO2. The summed E-state index contributed by atoms with van der Waals surface area (Å²) in [6.45, 7) is 2.76. The van der Waals surface area contributed by atoms with Crippen LogP contribution in [0, 0.1) is 5.82 Å². The molecule has 0 unspecified atom stereocenters. The molecule has 16 heavy (non-hydrogen) atoms. The molecule has 1 fully saturated rings. The first-order valence-corrected chi connectivity index (χ1v) is 5.46. The zero-order valence-electron chi connectivity index (χ0n) is 9.33. The topological polar surface area (TPSA) is 26.3 Å². The lowest BCUT2D eigenvalue weighted by Gasteiger charge is -2.42. The van der Waals surface area contributed by atoms with Gasteiger partial charge in [0, 0.05) is 11.8 Å². The molecule has 2 nitrogen and oxygen atoms in total. The van der Waals surface area contributed by atoms with Crippen LogP contribution in [0.1, 0.15) is 25.3 Å². The highest BCUT2D eigenvalue weighted by Gasteiger charge is 2.40. The molecule has 1 saturated heterocycles. The molecule has 0 aliphatic carbocycles. The van der Waals surface area contributed by atoms with Crippen molar-refractivity contribution in [1.29, 1.82) is 0 Å². The summed E-state index contributed by atoms with van der Waals surface area (Å²) >= 11 is 0. The molecule has 1 aliphatic rings. The monoisotopic (exact) mass is 222 g/mol. The summed E-state index contributed by atoms with van der Waals surface area (Å²) < 4.78 is 18.4. The minimum absolute atomic E-state index is 0.145. The maximum absolute atomic E-state index is 13.1. The predicted molar refractivity (Wildman–Crippen MR) is 58.8 cm³/mol. The van der Waals surface area contributed by atoms with Gasteiger partial charge < -0.3 is 9.53 Å². The van der Waals surface area contributed by atoms with Gasteiger partial charge in [0.1, 0.15) is 11.6 Å².